The number of halogens is 3. The predicted molar refractivity (Wildman–Crippen MR) is 140 cm³/mol. The molecular weight excluding hydrogens is 487 g/mol. The molecule has 1 saturated heterocycles. The zero-order valence-electron chi connectivity index (χ0n) is 20.3. The summed E-state index contributed by atoms with van der Waals surface area (Å²) < 4.78 is 29.6. The van der Waals surface area contributed by atoms with Gasteiger partial charge in [0.15, 0.2) is 0 Å². The summed E-state index contributed by atoms with van der Waals surface area (Å²) in [6.45, 7) is 0.0482. The third-order valence-electron chi connectivity index (χ3n) is 7.17. The number of benzene rings is 2. The molecular formula is C22H22B4ClF2N3O4. The third kappa shape index (κ3) is 4.34. The van der Waals surface area contributed by atoms with Crippen LogP contribution in [0.2, 0.25) is 16.7 Å². The van der Waals surface area contributed by atoms with Gasteiger partial charge in [0.1, 0.15) is 21.7 Å². The minimum atomic E-state index is -3.74. The van der Waals surface area contributed by atoms with Crippen molar-refractivity contribution in [2.75, 3.05) is 0 Å². The summed E-state index contributed by atoms with van der Waals surface area (Å²) in [6, 6.07) is 8.92. The third-order valence-corrected chi connectivity index (χ3v) is 7.42. The van der Waals surface area contributed by atoms with Gasteiger partial charge in [0, 0.05) is 35.1 Å². The van der Waals surface area contributed by atoms with Crippen LogP contribution in [-0.4, -0.2) is 75.8 Å². The van der Waals surface area contributed by atoms with E-state index in [1.54, 1.807) is 33.9 Å². The van der Waals surface area contributed by atoms with Gasteiger partial charge >= 0.3 is 5.92 Å². The van der Waals surface area contributed by atoms with E-state index in [0.717, 1.165) is 21.8 Å². The number of rotatable bonds is 5. The highest BCUT2D eigenvalue weighted by Gasteiger charge is 2.48. The van der Waals surface area contributed by atoms with Crippen molar-refractivity contribution in [2.24, 2.45) is 0 Å². The van der Waals surface area contributed by atoms with Gasteiger partial charge < -0.3 is 14.5 Å². The fourth-order valence-electron chi connectivity index (χ4n) is 4.84. The molecule has 0 radical (unpaired) electrons. The van der Waals surface area contributed by atoms with Crippen LogP contribution in [0.5, 0.6) is 0 Å². The molecule has 3 unspecified atom stereocenters. The molecule has 182 valence electrons. The summed E-state index contributed by atoms with van der Waals surface area (Å²) in [6.07, 6.45) is 0. The van der Waals surface area contributed by atoms with Gasteiger partial charge in [-0.2, -0.15) is 8.78 Å². The lowest BCUT2D eigenvalue weighted by Crippen LogP contribution is -2.58. The van der Waals surface area contributed by atoms with E-state index >= 15 is 0 Å². The van der Waals surface area contributed by atoms with Gasteiger partial charge in [-0.1, -0.05) is 35.9 Å². The highest BCUT2D eigenvalue weighted by atomic mass is 35.5. The van der Waals surface area contributed by atoms with E-state index in [-0.39, 0.29) is 35.7 Å². The first-order valence-corrected chi connectivity index (χ1v) is 11.9. The maximum absolute atomic E-state index is 14.8. The molecule has 0 bridgehead atoms. The van der Waals surface area contributed by atoms with E-state index in [4.69, 9.17) is 11.6 Å². The smallest absolute Gasteiger partial charge is 0.348 e. The van der Waals surface area contributed by atoms with Crippen LogP contribution in [0.4, 0.5) is 8.78 Å². The molecule has 2 aliphatic heterocycles. The van der Waals surface area contributed by atoms with Crippen molar-refractivity contribution in [3.8, 4) is 0 Å². The van der Waals surface area contributed by atoms with Crippen molar-refractivity contribution < 1.29 is 28.0 Å². The highest BCUT2D eigenvalue weighted by molar-refractivity contribution is 6.40. The van der Waals surface area contributed by atoms with Crippen LogP contribution in [0.25, 0.3) is 0 Å². The zero-order valence-corrected chi connectivity index (χ0v) is 21.1. The lowest BCUT2D eigenvalue weighted by molar-refractivity contribution is -0.154. The molecule has 36 heavy (non-hydrogen) atoms. The molecule has 1 fully saturated rings. The number of alkyl halides is 2. The van der Waals surface area contributed by atoms with E-state index in [2.05, 4.69) is 0 Å². The summed E-state index contributed by atoms with van der Waals surface area (Å²) in [5, 5.41) is 0.286. The second kappa shape index (κ2) is 9.42. The van der Waals surface area contributed by atoms with Crippen LogP contribution in [0.1, 0.15) is 27.0 Å². The number of fused-ring (bicyclic) bond motifs is 1. The number of carbonyl (C=O) groups excluding carboxylic acids is 4. The molecule has 3 atom stereocenters. The van der Waals surface area contributed by atoms with Crippen molar-refractivity contribution in [3.63, 3.8) is 0 Å². The Morgan fingerprint density at radius 1 is 1.08 bits per heavy atom. The average molecular weight is 509 g/mol. The SMILES string of the molecule is BC1C(=O)N(B)C(=O)C(N2Cc3cc(CN(B)C(=O)C(F)(F)c4ccc(Cl)cc4)ccc3C2=O)C1B. The average Bonchev–Trinajstić information content (AvgIpc) is 3.16. The van der Waals surface area contributed by atoms with Crippen LogP contribution in [0.15, 0.2) is 42.5 Å². The maximum Gasteiger partial charge on any atom is 0.348 e. The Bertz CT molecular complexity index is 1270. The first kappa shape index (κ1) is 26.0. The molecule has 2 aliphatic rings. The summed E-state index contributed by atoms with van der Waals surface area (Å²) >= 11 is 5.76. The van der Waals surface area contributed by atoms with Gasteiger partial charge in [-0.3, -0.25) is 19.2 Å². The molecule has 2 aromatic carbocycles. The molecule has 0 aromatic heterocycles. The summed E-state index contributed by atoms with van der Waals surface area (Å²) in [4.78, 5) is 54.3. The maximum atomic E-state index is 14.8. The van der Waals surface area contributed by atoms with Crippen LogP contribution >= 0.6 is 11.6 Å². The minimum absolute atomic E-state index is 0.101. The molecule has 0 N–H and O–H groups in total. The molecule has 2 aromatic rings. The number of piperidine rings is 1. The van der Waals surface area contributed by atoms with Crippen LogP contribution in [-0.2, 0) is 33.4 Å². The fourth-order valence-corrected chi connectivity index (χ4v) is 4.97. The van der Waals surface area contributed by atoms with Gasteiger partial charge in [-0.15, -0.1) is 0 Å². The summed E-state index contributed by atoms with van der Waals surface area (Å²) in [5.74, 6) is -6.92. The van der Waals surface area contributed by atoms with Crippen LogP contribution in [0.3, 0.4) is 0 Å². The van der Waals surface area contributed by atoms with Gasteiger partial charge in [0.2, 0.25) is 27.8 Å². The van der Waals surface area contributed by atoms with Crippen molar-refractivity contribution in [2.45, 2.75) is 36.7 Å². The molecule has 4 rings (SSSR count). The van der Waals surface area contributed by atoms with E-state index in [9.17, 15) is 28.0 Å². The lowest BCUT2D eigenvalue weighted by Gasteiger charge is -2.42. The van der Waals surface area contributed by atoms with Crippen LogP contribution in [0, 0.1) is 0 Å². The van der Waals surface area contributed by atoms with Crippen molar-refractivity contribution >= 4 is 66.9 Å². The monoisotopic (exact) mass is 509 g/mol. The topological polar surface area (TPSA) is 78.0 Å². The Morgan fingerprint density at radius 3 is 2.36 bits per heavy atom. The first-order chi connectivity index (χ1) is 16.8. The van der Waals surface area contributed by atoms with E-state index in [1.807, 2.05) is 0 Å². The molecule has 0 aliphatic carbocycles. The van der Waals surface area contributed by atoms with Gasteiger partial charge in [-0.05, 0) is 35.1 Å². The Labute approximate surface area is 215 Å². The Balaban J connectivity index is 1.51. The molecule has 7 nitrogen and oxygen atoms in total. The molecule has 4 amide bonds. The summed E-state index contributed by atoms with van der Waals surface area (Å²) in [7, 11) is 6.22. The second-order valence-electron chi connectivity index (χ2n) is 9.50. The second-order valence-corrected chi connectivity index (χ2v) is 9.93. The Hall–Kier alpha value is -3.07. The zero-order chi connectivity index (χ0) is 26.5. The van der Waals surface area contributed by atoms with Gasteiger partial charge in [0.05, 0.1) is 0 Å². The fraction of sp³-hybridized carbons (Fsp3) is 0.273. The number of hydrogen-bond donors (Lipinski definition) is 0. The van der Waals surface area contributed by atoms with E-state index in [1.165, 1.54) is 33.0 Å². The Kier molecular flexibility index (Phi) is 6.81. The van der Waals surface area contributed by atoms with Gasteiger partial charge in [0.25, 0.3) is 11.8 Å². The predicted octanol–water partition coefficient (Wildman–Crippen LogP) is -0.907. The highest BCUT2D eigenvalue weighted by Crippen LogP contribution is 2.37. The Morgan fingerprint density at radius 2 is 1.72 bits per heavy atom. The number of hydrogen-bond acceptors (Lipinski definition) is 4. The minimum Gasteiger partial charge on any atom is -0.384 e. The lowest BCUT2D eigenvalue weighted by atomic mass is 9.59. The van der Waals surface area contributed by atoms with Gasteiger partial charge in [-0.25, -0.2) is 0 Å². The standard InChI is InChI=1S/C22H22B4ClF2N3O4/c23-15-16(24)19(34)32(26)20(35)17(15)30-9-11-7-10(1-6-14(11)18(30)33)8-31(25)21(36)22(28,29)12-2-4-13(27)5-3-12/h1-7,15-17H,8-9,23-26H2. The van der Waals surface area contributed by atoms with Crippen molar-refractivity contribution in [1.82, 2.24) is 14.5 Å². The van der Waals surface area contributed by atoms with Crippen LogP contribution < -0.4 is 0 Å². The molecule has 14 heteroatoms. The number of imide groups is 1. The number of amides is 4. The number of carbonyl (C=O) groups is 4. The molecule has 0 spiro atoms. The molecule has 0 saturated carbocycles. The van der Waals surface area contributed by atoms with Crippen molar-refractivity contribution in [3.05, 3.63) is 69.7 Å². The normalized spacial score (nSPS) is 22.1. The first-order valence-electron chi connectivity index (χ1n) is 11.5. The molecule has 2 heterocycles. The summed E-state index contributed by atoms with van der Waals surface area (Å²) in [5.41, 5.74) is 1.15. The number of nitrogens with zero attached hydrogens (tertiary/aromatic N) is 3. The van der Waals surface area contributed by atoms with E-state index in [0.29, 0.717) is 16.7 Å². The quantitative estimate of drug-likeness (QED) is 0.387. The largest absolute Gasteiger partial charge is 0.384 e. The van der Waals surface area contributed by atoms with E-state index < -0.39 is 35.2 Å². The van der Waals surface area contributed by atoms with Crippen molar-refractivity contribution in [1.29, 1.82) is 0 Å².